The molecule has 3 rings (SSSR count). The maximum absolute atomic E-state index is 12.6. The molecule has 176 valence electrons. The van der Waals surface area contributed by atoms with Gasteiger partial charge in [-0.05, 0) is 56.2 Å². The number of aromatic nitrogens is 2. The summed E-state index contributed by atoms with van der Waals surface area (Å²) in [5.41, 5.74) is 2.63. The number of rotatable bonds is 8. The molecule has 0 aliphatic rings. The van der Waals surface area contributed by atoms with Crippen molar-refractivity contribution in [1.29, 1.82) is 0 Å². The zero-order valence-electron chi connectivity index (χ0n) is 18.8. The van der Waals surface area contributed by atoms with Gasteiger partial charge in [-0.1, -0.05) is 53.6 Å². The second-order valence-electron chi connectivity index (χ2n) is 7.39. The van der Waals surface area contributed by atoms with E-state index in [1.807, 2.05) is 38.1 Å². The number of halogens is 2. The number of aryl methyl sites for hydroxylation is 2. The Hall–Kier alpha value is -3.42. The molecule has 7 nitrogen and oxygen atoms in total. The monoisotopic (exact) mass is 499 g/mol. The first kappa shape index (κ1) is 25.2. The average Bonchev–Trinajstić information content (AvgIpc) is 2.78. The highest BCUT2D eigenvalue weighted by Gasteiger charge is 2.23. The summed E-state index contributed by atoms with van der Waals surface area (Å²) in [6.45, 7) is 3.75. The molecule has 0 radical (unpaired) electrons. The number of carbonyl (C=O) groups excluding carboxylic acids is 2. The van der Waals surface area contributed by atoms with Crippen LogP contribution in [0.1, 0.15) is 33.7 Å². The van der Waals surface area contributed by atoms with Crippen LogP contribution in [0.5, 0.6) is 11.8 Å². The largest absolute Gasteiger partial charge is 0.467 e. The van der Waals surface area contributed by atoms with Crippen LogP contribution in [0.25, 0.3) is 6.08 Å². The molecule has 1 atom stereocenters. The summed E-state index contributed by atoms with van der Waals surface area (Å²) in [5, 5.41) is 3.01. The van der Waals surface area contributed by atoms with Crippen molar-refractivity contribution >= 4 is 41.2 Å². The zero-order chi connectivity index (χ0) is 24.7. The molecule has 0 aliphatic heterocycles. The number of benzene rings is 2. The third-order valence-corrected chi connectivity index (χ3v) is 5.34. The number of amides is 1. The fourth-order valence-corrected chi connectivity index (χ4v) is 3.70. The summed E-state index contributed by atoms with van der Waals surface area (Å²) < 4.78 is 10.5. The minimum absolute atomic E-state index is 0.104. The fourth-order valence-electron chi connectivity index (χ4n) is 3.13. The minimum atomic E-state index is -0.912. The van der Waals surface area contributed by atoms with E-state index in [9.17, 15) is 9.59 Å². The summed E-state index contributed by atoms with van der Waals surface area (Å²) in [4.78, 5) is 33.4. The zero-order valence-corrected chi connectivity index (χ0v) is 20.4. The van der Waals surface area contributed by atoms with Gasteiger partial charge in [0.25, 0.3) is 5.91 Å². The third kappa shape index (κ3) is 6.79. The van der Waals surface area contributed by atoms with Crippen molar-refractivity contribution in [3.63, 3.8) is 0 Å². The van der Waals surface area contributed by atoms with Crippen LogP contribution in [0, 0.1) is 13.8 Å². The highest BCUT2D eigenvalue weighted by atomic mass is 35.5. The van der Waals surface area contributed by atoms with Crippen molar-refractivity contribution in [2.45, 2.75) is 26.3 Å². The van der Waals surface area contributed by atoms with Crippen LogP contribution in [0.15, 0.2) is 54.6 Å². The van der Waals surface area contributed by atoms with Crippen molar-refractivity contribution in [2.75, 3.05) is 7.11 Å². The maximum Gasteiger partial charge on any atom is 0.328 e. The molecule has 0 saturated carbocycles. The first-order valence-corrected chi connectivity index (χ1v) is 11.1. The van der Waals surface area contributed by atoms with Gasteiger partial charge in [-0.3, -0.25) is 4.79 Å². The van der Waals surface area contributed by atoms with Gasteiger partial charge in [0, 0.05) is 11.4 Å². The SMILES string of the molecule is COC(=O)C(C/C=C/c1ccc(Oc2nc(C)cc(C)n2)cc1)NC(=O)c1c(Cl)cccc1Cl. The van der Waals surface area contributed by atoms with Crippen LogP contribution < -0.4 is 10.1 Å². The lowest BCUT2D eigenvalue weighted by atomic mass is 10.1. The van der Waals surface area contributed by atoms with E-state index in [0.29, 0.717) is 5.75 Å². The standard InChI is InChI=1S/C25H23Cl2N3O4/c1-15-14-16(2)29-25(28-15)34-18-12-10-17(11-13-18)6-4-9-21(24(32)33-3)30-23(31)22-19(26)7-5-8-20(22)27/h4-8,10-14,21H,9H2,1-3H3,(H,30,31)/b6-4+. The van der Waals surface area contributed by atoms with Crippen LogP contribution in [0.3, 0.4) is 0 Å². The van der Waals surface area contributed by atoms with E-state index in [4.69, 9.17) is 32.7 Å². The van der Waals surface area contributed by atoms with E-state index in [0.717, 1.165) is 17.0 Å². The Kier molecular flexibility index (Phi) is 8.62. The predicted octanol–water partition coefficient (Wildman–Crippen LogP) is 5.57. The molecule has 1 unspecified atom stereocenters. The topological polar surface area (TPSA) is 90.4 Å². The second kappa shape index (κ2) is 11.6. The van der Waals surface area contributed by atoms with Crippen molar-refractivity contribution in [3.05, 3.63) is 87.2 Å². The summed E-state index contributed by atoms with van der Waals surface area (Å²) in [6, 6.07) is 13.3. The van der Waals surface area contributed by atoms with Gasteiger partial charge in [0.15, 0.2) is 0 Å². The van der Waals surface area contributed by atoms with E-state index in [-0.39, 0.29) is 28.0 Å². The van der Waals surface area contributed by atoms with Crippen molar-refractivity contribution in [1.82, 2.24) is 15.3 Å². The Balaban J connectivity index is 1.65. The lowest BCUT2D eigenvalue weighted by Gasteiger charge is -2.16. The van der Waals surface area contributed by atoms with E-state index in [1.165, 1.54) is 7.11 Å². The predicted molar refractivity (Wildman–Crippen MR) is 131 cm³/mol. The molecular weight excluding hydrogens is 477 g/mol. The van der Waals surface area contributed by atoms with E-state index in [2.05, 4.69) is 15.3 Å². The Bertz CT molecular complexity index is 1170. The molecule has 1 aromatic heterocycles. The quantitative estimate of drug-likeness (QED) is 0.407. The van der Waals surface area contributed by atoms with Gasteiger partial charge in [0.2, 0.25) is 0 Å². The number of hydrogen-bond acceptors (Lipinski definition) is 6. The van der Waals surface area contributed by atoms with Crippen LogP contribution in [-0.2, 0) is 9.53 Å². The first-order valence-electron chi connectivity index (χ1n) is 10.4. The third-order valence-electron chi connectivity index (χ3n) is 4.71. The van der Waals surface area contributed by atoms with E-state index >= 15 is 0 Å². The molecule has 1 heterocycles. The first-order chi connectivity index (χ1) is 16.3. The number of hydrogen-bond donors (Lipinski definition) is 1. The summed E-state index contributed by atoms with van der Waals surface area (Å²) in [5.74, 6) is -0.550. The van der Waals surface area contributed by atoms with E-state index in [1.54, 1.807) is 36.4 Å². The van der Waals surface area contributed by atoms with Crippen molar-refractivity contribution in [3.8, 4) is 11.8 Å². The highest BCUT2D eigenvalue weighted by molar-refractivity contribution is 6.39. The van der Waals surface area contributed by atoms with Gasteiger partial charge in [-0.2, -0.15) is 0 Å². The molecule has 34 heavy (non-hydrogen) atoms. The van der Waals surface area contributed by atoms with Gasteiger partial charge >= 0.3 is 12.0 Å². The smallest absolute Gasteiger partial charge is 0.328 e. The Morgan fingerprint density at radius 2 is 1.65 bits per heavy atom. The molecule has 0 spiro atoms. The molecule has 0 fully saturated rings. The summed E-state index contributed by atoms with van der Waals surface area (Å²) >= 11 is 12.2. The van der Waals surface area contributed by atoms with Gasteiger partial charge in [0.05, 0.1) is 22.7 Å². The Morgan fingerprint density at radius 1 is 1.03 bits per heavy atom. The van der Waals surface area contributed by atoms with Crippen LogP contribution in [0.4, 0.5) is 0 Å². The lowest BCUT2D eigenvalue weighted by molar-refractivity contribution is -0.142. The number of esters is 1. The van der Waals surface area contributed by atoms with Crippen molar-refractivity contribution in [2.24, 2.45) is 0 Å². The molecule has 0 aliphatic carbocycles. The molecule has 9 heteroatoms. The fraction of sp³-hybridized carbons (Fsp3) is 0.200. The van der Waals surface area contributed by atoms with Crippen LogP contribution >= 0.6 is 23.2 Å². The maximum atomic E-state index is 12.6. The number of carbonyl (C=O) groups is 2. The molecule has 0 saturated heterocycles. The van der Waals surface area contributed by atoms with Gasteiger partial charge < -0.3 is 14.8 Å². The number of methoxy groups -OCH3 is 1. The van der Waals surface area contributed by atoms with E-state index < -0.39 is 17.9 Å². The molecular formula is C25H23Cl2N3O4. The van der Waals surface area contributed by atoms with Crippen LogP contribution in [0.2, 0.25) is 10.0 Å². The van der Waals surface area contributed by atoms with Crippen LogP contribution in [-0.4, -0.2) is 35.0 Å². The minimum Gasteiger partial charge on any atom is -0.467 e. The molecule has 1 amide bonds. The molecule has 0 bridgehead atoms. The summed E-state index contributed by atoms with van der Waals surface area (Å²) in [6.07, 6.45) is 3.79. The normalized spacial score (nSPS) is 11.8. The Morgan fingerprint density at radius 3 is 2.24 bits per heavy atom. The number of nitrogens with one attached hydrogen (secondary N) is 1. The van der Waals surface area contributed by atoms with Gasteiger partial charge in [0.1, 0.15) is 11.8 Å². The number of ether oxygens (including phenoxy) is 2. The summed E-state index contributed by atoms with van der Waals surface area (Å²) in [7, 11) is 1.26. The lowest BCUT2D eigenvalue weighted by Crippen LogP contribution is -2.41. The Labute approximate surface area is 207 Å². The molecule has 3 aromatic rings. The molecule has 2 aromatic carbocycles. The highest BCUT2D eigenvalue weighted by Crippen LogP contribution is 2.24. The van der Waals surface area contributed by atoms with Gasteiger partial charge in [-0.25, -0.2) is 14.8 Å². The number of nitrogens with zero attached hydrogens (tertiary/aromatic N) is 2. The molecule has 1 N–H and O–H groups in total. The van der Waals surface area contributed by atoms with Crippen molar-refractivity contribution < 1.29 is 19.1 Å². The van der Waals surface area contributed by atoms with Gasteiger partial charge in [-0.15, -0.1) is 0 Å². The average molecular weight is 500 g/mol. The second-order valence-corrected chi connectivity index (χ2v) is 8.20.